The number of nitrogens with zero attached hydrogens (tertiary/aromatic N) is 3. The molecule has 4 rings (SSSR count). The Hall–Kier alpha value is -3.26. The summed E-state index contributed by atoms with van der Waals surface area (Å²) >= 11 is 1.31. The van der Waals surface area contributed by atoms with Crippen molar-refractivity contribution in [3.05, 3.63) is 59.1 Å². The van der Waals surface area contributed by atoms with Crippen molar-refractivity contribution in [2.45, 2.75) is 6.92 Å². The van der Waals surface area contributed by atoms with Crippen molar-refractivity contribution in [3.63, 3.8) is 0 Å². The standard InChI is InChI=1S/C19H15N3O4S/c1-11-13-5-3-4-6-16(13)26-17(11)15(23)9-25-19(24)14-10-27-18(21-14)12-7-20-22(2)8-12/h3-8,10H,9H2,1-2H3. The molecule has 136 valence electrons. The van der Waals surface area contributed by atoms with E-state index < -0.39 is 12.6 Å². The molecule has 0 atom stereocenters. The van der Waals surface area contributed by atoms with E-state index >= 15 is 0 Å². The van der Waals surface area contributed by atoms with Gasteiger partial charge in [-0.3, -0.25) is 9.48 Å². The van der Waals surface area contributed by atoms with Gasteiger partial charge in [-0.2, -0.15) is 5.10 Å². The number of ether oxygens (including phenoxy) is 1. The highest BCUT2D eigenvalue weighted by atomic mass is 32.1. The number of para-hydroxylation sites is 1. The summed E-state index contributed by atoms with van der Waals surface area (Å²) in [6.07, 6.45) is 3.48. The minimum Gasteiger partial charge on any atom is -0.453 e. The summed E-state index contributed by atoms with van der Waals surface area (Å²) in [5.41, 5.74) is 2.34. The second-order valence-corrected chi connectivity index (χ2v) is 6.85. The number of furan rings is 1. The normalized spacial score (nSPS) is 11.0. The van der Waals surface area contributed by atoms with Crippen molar-refractivity contribution in [1.82, 2.24) is 14.8 Å². The van der Waals surface area contributed by atoms with Gasteiger partial charge in [0.2, 0.25) is 5.78 Å². The molecule has 0 bridgehead atoms. The lowest BCUT2D eigenvalue weighted by Crippen LogP contribution is -2.14. The molecule has 3 aromatic heterocycles. The van der Waals surface area contributed by atoms with Crippen LogP contribution in [0.2, 0.25) is 0 Å². The molecule has 8 heteroatoms. The topological polar surface area (TPSA) is 87.2 Å². The molecule has 0 radical (unpaired) electrons. The van der Waals surface area contributed by atoms with E-state index in [-0.39, 0.29) is 17.2 Å². The summed E-state index contributed by atoms with van der Waals surface area (Å²) in [4.78, 5) is 28.9. The van der Waals surface area contributed by atoms with Gasteiger partial charge in [-0.25, -0.2) is 9.78 Å². The first-order valence-corrected chi connectivity index (χ1v) is 9.04. The largest absolute Gasteiger partial charge is 0.453 e. The van der Waals surface area contributed by atoms with E-state index in [4.69, 9.17) is 9.15 Å². The zero-order valence-electron chi connectivity index (χ0n) is 14.6. The van der Waals surface area contributed by atoms with E-state index in [1.165, 1.54) is 11.3 Å². The Balaban J connectivity index is 1.45. The number of hydrogen-bond acceptors (Lipinski definition) is 7. The number of aryl methyl sites for hydroxylation is 2. The first-order chi connectivity index (χ1) is 13.0. The van der Waals surface area contributed by atoms with E-state index in [1.807, 2.05) is 31.3 Å². The van der Waals surface area contributed by atoms with Crippen molar-refractivity contribution in [3.8, 4) is 10.6 Å². The molecule has 4 aromatic rings. The van der Waals surface area contributed by atoms with Crippen molar-refractivity contribution in [2.24, 2.45) is 7.05 Å². The molecule has 0 saturated carbocycles. The van der Waals surface area contributed by atoms with Gasteiger partial charge in [0, 0.05) is 35.1 Å². The molecule has 0 unspecified atom stereocenters. The molecule has 1 aromatic carbocycles. The van der Waals surface area contributed by atoms with Crippen LogP contribution in [0.1, 0.15) is 26.6 Å². The summed E-state index contributed by atoms with van der Waals surface area (Å²) in [5, 5.41) is 7.21. The number of ketones is 1. The Bertz CT molecular complexity index is 1150. The first-order valence-electron chi connectivity index (χ1n) is 8.16. The van der Waals surface area contributed by atoms with Crippen molar-refractivity contribution in [2.75, 3.05) is 6.61 Å². The van der Waals surface area contributed by atoms with E-state index in [1.54, 1.807) is 29.4 Å². The number of Topliss-reactive ketones (excluding diaryl/α,β-unsaturated/α-hetero) is 1. The van der Waals surface area contributed by atoms with E-state index in [9.17, 15) is 9.59 Å². The molecular weight excluding hydrogens is 366 g/mol. The lowest BCUT2D eigenvalue weighted by atomic mass is 10.1. The molecule has 0 aliphatic heterocycles. The second-order valence-electron chi connectivity index (χ2n) is 5.99. The zero-order valence-corrected chi connectivity index (χ0v) is 15.4. The van der Waals surface area contributed by atoms with Crippen LogP contribution in [-0.4, -0.2) is 33.1 Å². The van der Waals surface area contributed by atoms with Gasteiger partial charge in [0.1, 0.15) is 10.6 Å². The summed E-state index contributed by atoms with van der Waals surface area (Å²) in [7, 11) is 1.80. The maximum Gasteiger partial charge on any atom is 0.358 e. The molecule has 3 heterocycles. The van der Waals surface area contributed by atoms with Crippen LogP contribution in [-0.2, 0) is 11.8 Å². The van der Waals surface area contributed by atoms with Crippen molar-refractivity contribution < 1.29 is 18.7 Å². The summed E-state index contributed by atoms with van der Waals surface area (Å²) in [5.74, 6) is -0.832. The Morgan fingerprint density at radius 3 is 2.85 bits per heavy atom. The van der Waals surface area contributed by atoms with Gasteiger partial charge in [-0.05, 0) is 13.0 Å². The smallest absolute Gasteiger partial charge is 0.358 e. The number of rotatable bonds is 5. The fraction of sp³-hybridized carbons (Fsp3) is 0.158. The van der Waals surface area contributed by atoms with Gasteiger partial charge in [0.05, 0.1) is 6.20 Å². The Morgan fingerprint density at radius 1 is 1.30 bits per heavy atom. The molecule has 0 aliphatic rings. The van der Waals surface area contributed by atoms with Crippen molar-refractivity contribution in [1.29, 1.82) is 0 Å². The molecule has 0 aliphatic carbocycles. The molecule has 0 amide bonds. The van der Waals surface area contributed by atoms with Crippen LogP contribution in [0.4, 0.5) is 0 Å². The monoisotopic (exact) mass is 381 g/mol. The van der Waals surface area contributed by atoms with Crippen LogP contribution in [0.25, 0.3) is 21.5 Å². The van der Waals surface area contributed by atoms with Gasteiger partial charge in [0.25, 0.3) is 0 Å². The number of esters is 1. The highest BCUT2D eigenvalue weighted by Gasteiger charge is 2.20. The number of carbonyl (C=O) groups excluding carboxylic acids is 2. The van der Waals surface area contributed by atoms with Crippen molar-refractivity contribution >= 4 is 34.1 Å². The summed E-state index contributed by atoms with van der Waals surface area (Å²) in [6, 6.07) is 7.38. The maximum absolute atomic E-state index is 12.4. The highest BCUT2D eigenvalue weighted by Crippen LogP contribution is 2.26. The van der Waals surface area contributed by atoms with Gasteiger partial charge < -0.3 is 9.15 Å². The third-order valence-electron chi connectivity index (χ3n) is 4.10. The molecule has 7 nitrogen and oxygen atoms in total. The predicted octanol–water partition coefficient (Wildman–Crippen LogP) is 3.64. The van der Waals surface area contributed by atoms with Crippen LogP contribution in [0.3, 0.4) is 0 Å². The molecule has 27 heavy (non-hydrogen) atoms. The van der Waals surface area contributed by atoms with Gasteiger partial charge >= 0.3 is 5.97 Å². The van der Waals surface area contributed by atoms with Crippen LogP contribution in [0, 0.1) is 6.92 Å². The average molecular weight is 381 g/mol. The highest BCUT2D eigenvalue weighted by molar-refractivity contribution is 7.13. The lowest BCUT2D eigenvalue weighted by molar-refractivity contribution is 0.0463. The van der Waals surface area contributed by atoms with Crippen LogP contribution < -0.4 is 0 Å². The molecule has 0 saturated heterocycles. The SMILES string of the molecule is Cc1c(C(=O)COC(=O)c2csc(-c3cnn(C)c3)n2)oc2ccccc12. The Kier molecular flexibility index (Phi) is 4.33. The first kappa shape index (κ1) is 17.2. The lowest BCUT2D eigenvalue weighted by Gasteiger charge is -2.01. The second kappa shape index (κ2) is 6.81. The molecular formula is C19H15N3O4S. The fourth-order valence-corrected chi connectivity index (χ4v) is 3.51. The average Bonchev–Trinajstić information content (AvgIpc) is 3.39. The quantitative estimate of drug-likeness (QED) is 0.387. The zero-order chi connectivity index (χ0) is 19.0. The fourth-order valence-electron chi connectivity index (χ4n) is 2.74. The minimum absolute atomic E-state index is 0.160. The van der Waals surface area contributed by atoms with Gasteiger partial charge in [0.15, 0.2) is 18.1 Å². The number of aromatic nitrogens is 3. The minimum atomic E-state index is -0.650. The number of benzene rings is 1. The molecule has 0 N–H and O–H groups in total. The Morgan fingerprint density at radius 2 is 2.11 bits per heavy atom. The van der Waals surface area contributed by atoms with Crippen LogP contribution in [0.15, 0.2) is 46.5 Å². The Labute approximate surface area is 158 Å². The van der Waals surface area contributed by atoms with E-state index in [0.717, 1.165) is 16.5 Å². The molecule has 0 fully saturated rings. The summed E-state index contributed by atoms with van der Waals surface area (Å²) in [6.45, 7) is 1.40. The van der Waals surface area contributed by atoms with Crippen LogP contribution in [0.5, 0.6) is 0 Å². The van der Waals surface area contributed by atoms with E-state index in [0.29, 0.717) is 10.6 Å². The predicted molar refractivity (Wildman–Crippen MR) is 99.9 cm³/mol. The number of thiazole rings is 1. The number of carbonyl (C=O) groups is 2. The third-order valence-corrected chi connectivity index (χ3v) is 4.99. The number of fused-ring (bicyclic) bond motifs is 1. The maximum atomic E-state index is 12.4. The third kappa shape index (κ3) is 3.26. The van der Waals surface area contributed by atoms with Gasteiger partial charge in [-0.1, -0.05) is 18.2 Å². The van der Waals surface area contributed by atoms with Gasteiger partial charge in [-0.15, -0.1) is 11.3 Å². The number of hydrogen-bond donors (Lipinski definition) is 0. The molecule has 0 spiro atoms. The van der Waals surface area contributed by atoms with E-state index in [2.05, 4.69) is 10.1 Å². The summed E-state index contributed by atoms with van der Waals surface area (Å²) < 4.78 is 12.4. The van der Waals surface area contributed by atoms with Crippen LogP contribution >= 0.6 is 11.3 Å².